The van der Waals surface area contributed by atoms with Gasteiger partial charge in [-0.3, -0.25) is 9.52 Å². The van der Waals surface area contributed by atoms with Gasteiger partial charge in [-0.1, -0.05) is 23.2 Å². The molecule has 2 heterocycles. The number of carbonyl (C=O) groups is 1. The van der Waals surface area contributed by atoms with Crippen molar-refractivity contribution in [3.05, 3.63) is 71.1 Å². The van der Waals surface area contributed by atoms with Crippen molar-refractivity contribution in [2.75, 3.05) is 42.4 Å². The standard InChI is InChI=1S/C22H21Cl2N5O4S/c23-16-1-6-20(19(24)13-16)33-14-22(30)29-11-9-28(10-12-29)17-2-4-18(5-3-17)34(31,32)27-21-7-8-25-15-26-21/h1-8,13,15H,9-12,14H2,(H,25,26,27). The Morgan fingerprint density at radius 1 is 1.03 bits per heavy atom. The van der Waals surface area contributed by atoms with E-state index in [1.165, 1.54) is 18.6 Å². The summed E-state index contributed by atoms with van der Waals surface area (Å²) in [6.45, 7) is 2.14. The maximum absolute atomic E-state index is 12.6. The highest BCUT2D eigenvalue weighted by Gasteiger charge is 2.23. The zero-order valence-corrected chi connectivity index (χ0v) is 20.2. The van der Waals surface area contributed by atoms with Gasteiger partial charge in [0, 0.05) is 43.1 Å². The van der Waals surface area contributed by atoms with E-state index in [2.05, 4.69) is 19.6 Å². The van der Waals surface area contributed by atoms with Crippen LogP contribution in [0.15, 0.2) is 66.0 Å². The van der Waals surface area contributed by atoms with Crippen LogP contribution in [-0.2, 0) is 14.8 Å². The normalized spacial score (nSPS) is 14.1. The number of hydrogen-bond acceptors (Lipinski definition) is 7. The molecule has 4 rings (SSSR count). The molecule has 1 aromatic heterocycles. The third-order valence-corrected chi connectivity index (χ3v) is 7.11. The van der Waals surface area contributed by atoms with Gasteiger partial charge in [0.05, 0.1) is 9.92 Å². The van der Waals surface area contributed by atoms with Crippen molar-refractivity contribution in [3.63, 3.8) is 0 Å². The average Bonchev–Trinajstić information content (AvgIpc) is 2.84. The van der Waals surface area contributed by atoms with E-state index in [9.17, 15) is 13.2 Å². The Bertz CT molecular complexity index is 1250. The van der Waals surface area contributed by atoms with Gasteiger partial charge in [-0.15, -0.1) is 0 Å². The van der Waals surface area contributed by atoms with Gasteiger partial charge in [0.1, 0.15) is 17.9 Å². The molecule has 2 aromatic carbocycles. The molecule has 0 saturated carbocycles. The van der Waals surface area contributed by atoms with Crippen molar-refractivity contribution in [1.82, 2.24) is 14.9 Å². The predicted molar refractivity (Wildman–Crippen MR) is 130 cm³/mol. The van der Waals surface area contributed by atoms with Crippen molar-refractivity contribution in [3.8, 4) is 5.75 Å². The van der Waals surface area contributed by atoms with Crippen LogP contribution in [-0.4, -0.2) is 62.0 Å². The zero-order valence-electron chi connectivity index (χ0n) is 17.9. The van der Waals surface area contributed by atoms with E-state index < -0.39 is 10.0 Å². The van der Waals surface area contributed by atoms with Crippen molar-refractivity contribution in [1.29, 1.82) is 0 Å². The molecule has 1 amide bonds. The minimum atomic E-state index is -3.76. The lowest BCUT2D eigenvalue weighted by Crippen LogP contribution is -2.50. The van der Waals surface area contributed by atoms with Gasteiger partial charge in [-0.25, -0.2) is 18.4 Å². The summed E-state index contributed by atoms with van der Waals surface area (Å²) in [6.07, 6.45) is 2.72. The summed E-state index contributed by atoms with van der Waals surface area (Å²) in [6, 6.07) is 12.9. The first kappa shape index (κ1) is 24.1. The number of ether oxygens (including phenoxy) is 1. The summed E-state index contributed by atoms with van der Waals surface area (Å²) >= 11 is 11.9. The minimum absolute atomic E-state index is 0.118. The largest absolute Gasteiger partial charge is 0.482 e. The Balaban J connectivity index is 1.30. The molecular weight excluding hydrogens is 501 g/mol. The van der Waals surface area contributed by atoms with Crippen LogP contribution in [0.1, 0.15) is 0 Å². The molecule has 0 atom stereocenters. The number of rotatable bonds is 7. The van der Waals surface area contributed by atoms with Crippen LogP contribution < -0.4 is 14.4 Å². The summed E-state index contributed by atoms with van der Waals surface area (Å²) in [7, 11) is -3.76. The average molecular weight is 522 g/mol. The highest BCUT2D eigenvalue weighted by atomic mass is 35.5. The first-order valence-electron chi connectivity index (χ1n) is 10.3. The Hall–Kier alpha value is -3.08. The first-order valence-corrected chi connectivity index (χ1v) is 12.6. The predicted octanol–water partition coefficient (Wildman–Crippen LogP) is 3.31. The lowest BCUT2D eigenvalue weighted by molar-refractivity contribution is -0.133. The van der Waals surface area contributed by atoms with Gasteiger partial charge in [0.25, 0.3) is 15.9 Å². The minimum Gasteiger partial charge on any atom is -0.482 e. The van der Waals surface area contributed by atoms with Crippen LogP contribution in [0, 0.1) is 0 Å². The number of carbonyl (C=O) groups excluding carboxylic acids is 1. The fourth-order valence-corrected chi connectivity index (χ4v) is 4.89. The number of aromatic nitrogens is 2. The van der Waals surface area contributed by atoms with Crippen LogP contribution >= 0.6 is 23.2 Å². The van der Waals surface area contributed by atoms with Crippen LogP contribution in [0.25, 0.3) is 0 Å². The van der Waals surface area contributed by atoms with Crippen LogP contribution in [0.2, 0.25) is 10.0 Å². The number of benzene rings is 2. The fraction of sp³-hybridized carbons (Fsp3) is 0.227. The Morgan fingerprint density at radius 2 is 1.76 bits per heavy atom. The summed E-state index contributed by atoms with van der Waals surface area (Å²) in [5, 5.41) is 0.843. The lowest BCUT2D eigenvalue weighted by atomic mass is 10.2. The van der Waals surface area contributed by atoms with Gasteiger partial charge in [-0.2, -0.15) is 0 Å². The van der Waals surface area contributed by atoms with E-state index in [0.717, 1.165) is 5.69 Å². The molecule has 1 aliphatic rings. The molecule has 178 valence electrons. The number of anilines is 2. The van der Waals surface area contributed by atoms with E-state index in [0.29, 0.717) is 42.0 Å². The Labute approximate surface area is 207 Å². The highest BCUT2D eigenvalue weighted by molar-refractivity contribution is 7.92. The Morgan fingerprint density at radius 3 is 2.41 bits per heavy atom. The van der Waals surface area contributed by atoms with Crippen LogP contribution in [0.4, 0.5) is 11.5 Å². The molecule has 0 aliphatic carbocycles. The van der Waals surface area contributed by atoms with Crippen molar-refractivity contribution in [2.45, 2.75) is 4.90 Å². The monoisotopic (exact) mass is 521 g/mol. The van der Waals surface area contributed by atoms with Gasteiger partial charge in [0.2, 0.25) is 0 Å². The molecule has 0 spiro atoms. The quantitative estimate of drug-likeness (QED) is 0.508. The second-order valence-electron chi connectivity index (χ2n) is 7.43. The lowest BCUT2D eigenvalue weighted by Gasteiger charge is -2.36. The number of halogens is 2. The number of hydrogen-bond donors (Lipinski definition) is 1. The molecule has 34 heavy (non-hydrogen) atoms. The fourth-order valence-electron chi connectivity index (χ4n) is 3.42. The maximum atomic E-state index is 12.6. The van der Waals surface area contributed by atoms with E-state index >= 15 is 0 Å². The molecule has 0 unspecified atom stereocenters. The van der Waals surface area contributed by atoms with Gasteiger partial charge in [0.15, 0.2) is 6.61 Å². The smallest absolute Gasteiger partial charge is 0.263 e. The van der Waals surface area contributed by atoms with Crippen LogP contribution in [0.3, 0.4) is 0 Å². The highest BCUT2D eigenvalue weighted by Crippen LogP contribution is 2.27. The van der Waals surface area contributed by atoms with E-state index in [1.54, 1.807) is 47.4 Å². The number of piperazine rings is 1. The topological polar surface area (TPSA) is 105 Å². The second kappa shape index (κ2) is 10.5. The summed E-state index contributed by atoms with van der Waals surface area (Å²) in [5.74, 6) is 0.465. The van der Waals surface area contributed by atoms with Crippen molar-refractivity contribution in [2.24, 2.45) is 0 Å². The molecule has 3 aromatic rings. The first-order chi connectivity index (χ1) is 16.3. The number of nitrogens with zero attached hydrogens (tertiary/aromatic N) is 4. The molecule has 0 radical (unpaired) electrons. The number of sulfonamides is 1. The molecule has 12 heteroatoms. The molecule has 1 saturated heterocycles. The molecule has 1 aliphatic heterocycles. The number of nitrogens with one attached hydrogen (secondary N) is 1. The molecule has 1 N–H and O–H groups in total. The van der Waals surface area contributed by atoms with E-state index in [1.807, 2.05) is 0 Å². The van der Waals surface area contributed by atoms with Gasteiger partial charge < -0.3 is 14.5 Å². The third kappa shape index (κ3) is 5.88. The summed E-state index contributed by atoms with van der Waals surface area (Å²) in [4.78, 5) is 24.1. The van der Waals surface area contributed by atoms with E-state index in [4.69, 9.17) is 27.9 Å². The molecule has 9 nitrogen and oxygen atoms in total. The molecular formula is C22H21Cl2N5O4S. The van der Waals surface area contributed by atoms with Crippen molar-refractivity contribution >= 4 is 50.6 Å². The van der Waals surface area contributed by atoms with Gasteiger partial charge >= 0.3 is 0 Å². The summed E-state index contributed by atoms with van der Waals surface area (Å²) in [5.41, 5.74) is 0.872. The van der Waals surface area contributed by atoms with Crippen LogP contribution in [0.5, 0.6) is 5.75 Å². The SMILES string of the molecule is O=C(COc1ccc(Cl)cc1Cl)N1CCN(c2ccc(S(=O)(=O)Nc3ccncn3)cc2)CC1. The molecule has 0 bridgehead atoms. The maximum Gasteiger partial charge on any atom is 0.263 e. The number of amides is 1. The second-order valence-corrected chi connectivity index (χ2v) is 9.95. The summed E-state index contributed by atoms with van der Waals surface area (Å²) < 4.78 is 33.1. The Kier molecular flexibility index (Phi) is 7.40. The third-order valence-electron chi connectivity index (χ3n) is 5.21. The molecule has 1 fully saturated rings. The van der Waals surface area contributed by atoms with Crippen molar-refractivity contribution < 1.29 is 17.9 Å². The van der Waals surface area contributed by atoms with Gasteiger partial charge in [-0.05, 0) is 48.5 Å². The zero-order chi connectivity index (χ0) is 24.1. The van der Waals surface area contributed by atoms with E-state index in [-0.39, 0.29) is 23.2 Å².